The summed E-state index contributed by atoms with van der Waals surface area (Å²) in [5.74, 6) is -0.0521. The molecule has 1 aromatic rings. The number of rotatable bonds is 4. The van der Waals surface area contributed by atoms with Gasteiger partial charge in [0.25, 0.3) is 5.91 Å². The Balaban J connectivity index is 1.74. The molecule has 6 nitrogen and oxygen atoms in total. The number of aryl methyl sites for hydroxylation is 2. The molecule has 0 radical (unpaired) electrons. The molecule has 1 atom stereocenters. The van der Waals surface area contributed by atoms with E-state index in [2.05, 4.69) is 15.7 Å². The topological polar surface area (TPSA) is 68.2 Å². The van der Waals surface area contributed by atoms with E-state index in [-0.39, 0.29) is 12.0 Å². The second kappa shape index (κ2) is 5.97. The van der Waals surface area contributed by atoms with Gasteiger partial charge >= 0.3 is 0 Å². The van der Waals surface area contributed by atoms with Crippen molar-refractivity contribution in [1.29, 1.82) is 0 Å². The van der Waals surface area contributed by atoms with Crippen LogP contribution >= 0.6 is 0 Å². The largest absolute Gasteiger partial charge is 0.366 e. The molecule has 0 aromatic carbocycles. The van der Waals surface area contributed by atoms with Crippen LogP contribution in [0, 0.1) is 13.8 Å². The lowest BCUT2D eigenvalue weighted by Gasteiger charge is -2.22. The summed E-state index contributed by atoms with van der Waals surface area (Å²) in [7, 11) is 0. The Morgan fingerprint density at radius 2 is 2.50 bits per heavy atom. The molecule has 0 aliphatic carbocycles. The van der Waals surface area contributed by atoms with Crippen LogP contribution in [0.25, 0.3) is 0 Å². The highest BCUT2D eigenvalue weighted by atomic mass is 16.5. The van der Waals surface area contributed by atoms with Gasteiger partial charge in [-0.3, -0.25) is 9.48 Å². The van der Waals surface area contributed by atoms with Crippen molar-refractivity contribution in [3.8, 4) is 0 Å². The molecule has 18 heavy (non-hydrogen) atoms. The molecule has 2 N–H and O–H groups in total. The highest BCUT2D eigenvalue weighted by Gasteiger charge is 2.20. The van der Waals surface area contributed by atoms with Crippen LogP contribution in [0.4, 0.5) is 0 Å². The molecule has 1 saturated heterocycles. The Labute approximate surface area is 107 Å². The first-order valence-electron chi connectivity index (χ1n) is 6.28. The van der Waals surface area contributed by atoms with E-state index in [1.165, 1.54) is 0 Å². The average Bonchev–Trinajstić information content (AvgIpc) is 2.69. The number of hydrogen-bond acceptors (Lipinski definition) is 4. The van der Waals surface area contributed by atoms with E-state index in [1.807, 2.05) is 24.6 Å². The van der Waals surface area contributed by atoms with Gasteiger partial charge in [0.15, 0.2) is 0 Å². The van der Waals surface area contributed by atoms with Gasteiger partial charge in [-0.2, -0.15) is 5.10 Å². The Morgan fingerprint density at radius 1 is 1.67 bits per heavy atom. The molecule has 1 aliphatic rings. The predicted octanol–water partition coefficient (Wildman–Crippen LogP) is -0.395. The van der Waals surface area contributed by atoms with Crippen LogP contribution in [0.2, 0.25) is 0 Å². The summed E-state index contributed by atoms with van der Waals surface area (Å²) in [6, 6.07) is 2.02. The van der Waals surface area contributed by atoms with Gasteiger partial charge in [0.05, 0.1) is 18.8 Å². The Kier molecular flexibility index (Phi) is 4.33. The summed E-state index contributed by atoms with van der Waals surface area (Å²) in [6.45, 7) is 7.22. The molecule has 1 aromatic heterocycles. The molecule has 100 valence electrons. The summed E-state index contributed by atoms with van der Waals surface area (Å²) in [4.78, 5) is 11.8. The summed E-state index contributed by atoms with van der Waals surface area (Å²) in [6.07, 6.45) is -0.362. The Bertz CT molecular complexity index is 410. The highest BCUT2D eigenvalue weighted by molar-refractivity contribution is 5.81. The van der Waals surface area contributed by atoms with Gasteiger partial charge in [0, 0.05) is 25.3 Å². The van der Waals surface area contributed by atoms with E-state index in [0.29, 0.717) is 26.2 Å². The third-order valence-electron chi connectivity index (χ3n) is 2.95. The maximum absolute atomic E-state index is 11.8. The average molecular weight is 252 g/mol. The maximum atomic E-state index is 11.8. The lowest BCUT2D eigenvalue weighted by Crippen LogP contribution is -2.48. The van der Waals surface area contributed by atoms with Crippen molar-refractivity contribution in [1.82, 2.24) is 20.4 Å². The Hall–Kier alpha value is -1.40. The summed E-state index contributed by atoms with van der Waals surface area (Å²) in [5.41, 5.74) is 2.11. The number of aromatic nitrogens is 2. The molecular weight excluding hydrogens is 232 g/mol. The Morgan fingerprint density at radius 3 is 3.11 bits per heavy atom. The summed E-state index contributed by atoms with van der Waals surface area (Å²) < 4.78 is 7.27. The van der Waals surface area contributed by atoms with E-state index >= 15 is 0 Å². The highest BCUT2D eigenvalue weighted by Crippen LogP contribution is 2.01. The van der Waals surface area contributed by atoms with Crippen LogP contribution < -0.4 is 10.6 Å². The van der Waals surface area contributed by atoms with Crippen LogP contribution in [0.15, 0.2) is 6.07 Å². The van der Waals surface area contributed by atoms with Crippen LogP contribution in [-0.2, 0) is 16.1 Å². The molecule has 0 saturated carbocycles. The number of nitrogens with zero attached hydrogens (tertiary/aromatic N) is 2. The standard InChI is InChI=1S/C12H20N4O2/c1-9-7-10(2)16(15-9)5-3-14-12(17)11-8-13-4-6-18-11/h7,11,13H,3-6,8H2,1-2H3,(H,14,17). The zero-order valence-corrected chi connectivity index (χ0v) is 10.9. The third-order valence-corrected chi connectivity index (χ3v) is 2.95. The fraction of sp³-hybridized carbons (Fsp3) is 0.667. The zero-order chi connectivity index (χ0) is 13.0. The van der Waals surface area contributed by atoms with Crippen LogP contribution in [-0.4, -0.2) is 48.0 Å². The first kappa shape index (κ1) is 13.0. The molecular formula is C12H20N4O2. The minimum atomic E-state index is -0.362. The summed E-state index contributed by atoms with van der Waals surface area (Å²) >= 11 is 0. The fourth-order valence-corrected chi connectivity index (χ4v) is 2.03. The van der Waals surface area contributed by atoms with Gasteiger partial charge in [0.2, 0.25) is 0 Å². The van der Waals surface area contributed by atoms with Crippen molar-refractivity contribution < 1.29 is 9.53 Å². The van der Waals surface area contributed by atoms with E-state index in [1.54, 1.807) is 0 Å². The second-order valence-electron chi connectivity index (χ2n) is 4.50. The third kappa shape index (κ3) is 3.30. The predicted molar refractivity (Wildman–Crippen MR) is 67.3 cm³/mol. The number of amides is 1. The van der Waals surface area contributed by atoms with Gasteiger partial charge in [-0.25, -0.2) is 0 Å². The minimum absolute atomic E-state index is 0.0521. The van der Waals surface area contributed by atoms with E-state index in [0.717, 1.165) is 17.9 Å². The quantitative estimate of drug-likeness (QED) is 0.765. The van der Waals surface area contributed by atoms with Crippen molar-refractivity contribution in [2.45, 2.75) is 26.5 Å². The van der Waals surface area contributed by atoms with Gasteiger partial charge in [-0.1, -0.05) is 0 Å². The van der Waals surface area contributed by atoms with Crippen molar-refractivity contribution in [2.75, 3.05) is 26.2 Å². The fourth-order valence-electron chi connectivity index (χ4n) is 2.03. The molecule has 1 amide bonds. The van der Waals surface area contributed by atoms with E-state index < -0.39 is 0 Å². The van der Waals surface area contributed by atoms with Gasteiger partial charge < -0.3 is 15.4 Å². The lowest BCUT2D eigenvalue weighted by molar-refractivity contribution is -0.134. The van der Waals surface area contributed by atoms with Crippen molar-refractivity contribution in [3.63, 3.8) is 0 Å². The molecule has 1 fully saturated rings. The maximum Gasteiger partial charge on any atom is 0.250 e. The monoisotopic (exact) mass is 252 g/mol. The van der Waals surface area contributed by atoms with Gasteiger partial charge in [0.1, 0.15) is 6.10 Å². The van der Waals surface area contributed by atoms with E-state index in [9.17, 15) is 4.79 Å². The zero-order valence-electron chi connectivity index (χ0n) is 10.9. The number of carbonyl (C=O) groups is 1. The number of ether oxygens (including phenoxy) is 1. The molecule has 6 heteroatoms. The molecule has 1 unspecified atom stereocenters. The molecule has 0 bridgehead atoms. The van der Waals surface area contributed by atoms with Gasteiger partial charge in [-0.15, -0.1) is 0 Å². The van der Waals surface area contributed by atoms with Crippen LogP contribution in [0.3, 0.4) is 0 Å². The summed E-state index contributed by atoms with van der Waals surface area (Å²) in [5, 5.41) is 10.3. The number of hydrogen-bond donors (Lipinski definition) is 2. The first-order valence-corrected chi connectivity index (χ1v) is 6.28. The molecule has 1 aliphatic heterocycles. The number of carbonyl (C=O) groups excluding carboxylic acids is 1. The molecule has 2 heterocycles. The minimum Gasteiger partial charge on any atom is -0.366 e. The SMILES string of the molecule is Cc1cc(C)n(CCNC(=O)C2CNCCO2)n1. The normalized spacial score (nSPS) is 19.8. The first-order chi connectivity index (χ1) is 8.66. The second-order valence-corrected chi connectivity index (χ2v) is 4.50. The number of morpholine rings is 1. The van der Waals surface area contributed by atoms with Crippen LogP contribution in [0.5, 0.6) is 0 Å². The molecule has 2 rings (SSSR count). The molecule has 0 spiro atoms. The van der Waals surface area contributed by atoms with Gasteiger partial charge in [-0.05, 0) is 19.9 Å². The van der Waals surface area contributed by atoms with Crippen molar-refractivity contribution >= 4 is 5.91 Å². The van der Waals surface area contributed by atoms with E-state index in [4.69, 9.17) is 4.74 Å². The number of nitrogens with one attached hydrogen (secondary N) is 2. The lowest BCUT2D eigenvalue weighted by atomic mass is 10.3. The van der Waals surface area contributed by atoms with Crippen molar-refractivity contribution in [2.24, 2.45) is 0 Å². The van der Waals surface area contributed by atoms with Crippen molar-refractivity contribution in [3.05, 3.63) is 17.5 Å². The smallest absolute Gasteiger partial charge is 0.250 e. The van der Waals surface area contributed by atoms with Crippen LogP contribution in [0.1, 0.15) is 11.4 Å².